The summed E-state index contributed by atoms with van der Waals surface area (Å²) in [4.78, 5) is 49.1. The molecule has 0 spiro atoms. The number of para-hydroxylation sites is 1. The number of nitrogens with one attached hydrogen (secondary N) is 1. The highest BCUT2D eigenvalue weighted by molar-refractivity contribution is 6.39. The monoisotopic (exact) mass is 431 g/mol. The number of nitrogens with zero attached hydrogens (tertiary/aromatic N) is 2. The molecule has 9 heteroatoms. The largest absolute Gasteiger partial charge is 0.457 e. The van der Waals surface area contributed by atoms with Crippen molar-refractivity contribution >= 4 is 35.3 Å². The third kappa shape index (κ3) is 3.67. The van der Waals surface area contributed by atoms with Gasteiger partial charge in [-0.05, 0) is 55.3 Å². The van der Waals surface area contributed by atoms with Crippen LogP contribution in [0, 0.1) is 24.0 Å². The van der Waals surface area contributed by atoms with Crippen LogP contribution in [0.5, 0.6) is 0 Å². The van der Waals surface area contributed by atoms with Gasteiger partial charge in [0.05, 0.1) is 10.6 Å². The van der Waals surface area contributed by atoms with E-state index in [2.05, 4.69) is 5.32 Å². The van der Waals surface area contributed by atoms with Crippen molar-refractivity contribution < 1.29 is 23.7 Å². The molecule has 1 fully saturated rings. The second-order valence-corrected chi connectivity index (χ2v) is 7.20. The lowest BCUT2D eigenvalue weighted by atomic mass is 10.1. The molecular formula is C23H17N3O6. The minimum absolute atomic E-state index is 0.0365. The summed E-state index contributed by atoms with van der Waals surface area (Å²) < 4.78 is 5.76. The summed E-state index contributed by atoms with van der Waals surface area (Å²) >= 11 is 0. The first kappa shape index (κ1) is 20.7. The number of imide groups is 2. The molecule has 3 aromatic rings. The number of amides is 4. The van der Waals surface area contributed by atoms with E-state index in [0.717, 1.165) is 4.90 Å². The lowest BCUT2D eigenvalue weighted by molar-refractivity contribution is -0.384. The Labute approximate surface area is 182 Å². The Hall–Kier alpha value is -4.53. The summed E-state index contributed by atoms with van der Waals surface area (Å²) in [6.07, 6.45) is 1.26. The molecule has 2 aromatic carbocycles. The van der Waals surface area contributed by atoms with Crippen LogP contribution in [-0.2, 0) is 9.59 Å². The zero-order chi connectivity index (χ0) is 23.0. The number of aryl methyl sites for hydroxylation is 2. The summed E-state index contributed by atoms with van der Waals surface area (Å²) in [5.74, 6) is -0.957. The molecule has 4 rings (SSSR count). The summed E-state index contributed by atoms with van der Waals surface area (Å²) in [5, 5.41) is 13.1. The second kappa shape index (κ2) is 7.95. The Balaban J connectivity index is 1.68. The van der Waals surface area contributed by atoms with E-state index in [0.29, 0.717) is 28.1 Å². The maximum absolute atomic E-state index is 13.0. The van der Waals surface area contributed by atoms with E-state index >= 15 is 0 Å². The maximum Gasteiger partial charge on any atom is 0.335 e. The Morgan fingerprint density at radius 1 is 1.00 bits per heavy atom. The first-order chi connectivity index (χ1) is 15.3. The van der Waals surface area contributed by atoms with Gasteiger partial charge in [0.25, 0.3) is 17.5 Å². The first-order valence-electron chi connectivity index (χ1n) is 9.58. The van der Waals surface area contributed by atoms with Crippen molar-refractivity contribution in [2.75, 3.05) is 4.90 Å². The van der Waals surface area contributed by atoms with E-state index in [1.807, 2.05) is 0 Å². The number of urea groups is 1. The van der Waals surface area contributed by atoms with Crippen LogP contribution >= 0.6 is 0 Å². The normalized spacial score (nSPS) is 15.2. The van der Waals surface area contributed by atoms with E-state index < -0.39 is 22.8 Å². The lowest BCUT2D eigenvalue weighted by Crippen LogP contribution is -2.54. The Kier molecular flexibility index (Phi) is 5.15. The molecule has 0 saturated carbocycles. The summed E-state index contributed by atoms with van der Waals surface area (Å²) in [6, 6.07) is 13.6. The van der Waals surface area contributed by atoms with Gasteiger partial charge in [-0.15, -0.1) is 0 Å². The van der Waals surface area contributed by atoms with Crippen molar-refractivity contribution in [3.05, 3.63) is 87.2 Å². The van der Waals surface area contributed by atoms with Crippen LogP contribution in [0.15, 0.2) is 64.6 Å². The summed E-state index contributed by atoms with van der Waals surface area (Å²) in [6.45, 7) is 3.47. The van der Waals surface area contributed by atoms with Crippen LogP contribution in [0.2, 0.25) is 0 Å². The zero-order valence-electron chi connectivity index (χ0n) is 17.1. The van der Waals surface area contributed by atoms with Crippen LogP contribution in [0.25, 0.3) is 17.4 Å². The van der Waals surface area contributed by atoms with Gasteiger partial charge in [0.1, 0.15) is 17.1 Å². The van der Waals surface area contributed by atoms with Gasteiger partial charge >= 0.3 is 6.03 Å². The molecule has 0 unspecified atom stereocenters. The number of benzene rings is 2. The second-order valence-electron chi connectivity index (χ2n) is 7.20. The molecule has 160 valence electrons. The van der Waals surface area contributed by atoms with Gasteiger partial charge < -0.3 is 4.42 Å². The van der Waals surface area contributed by atoms with Crippen LogP contribution in [0.1, 0.15) is 16.9 Å². The van der Waals surface area contributed by atoms with Crippen LogP contribution in [-0.4, -0.2) is 22.8 Å². The van der Waals surface area contributed by atoms with Gasteiger partial charge in [-0.2, -0.15) is 0 Å². The topological polar surface area (TPSA) is 123 Å². The van der Waals surface area contributed by atoms with Crippen LogP contribution < -0.4 is 10.2 Å². The van der Waals surface area contributed by atoms with Gasteiger partial charge in [0.15, 0.2) is 0 Å². The number of non-ortho nitro benzene ring substituents is 1. The Morgan fingerprint density at radius 3 is 2.44 bits per heavy atom. The fourth-order valence-corrected chi connectivity index (χ4v) is 3.45. The van der Waals surface area contributed by atoms with E-state index in [1.165, 1.54) is 18.2 Å². The Bertz CT molecular complexity index is 1320. The molecule has 4 amide bonds. The first-order valence-corrected chi connectivity index (χ1v) is 9.58. The van der Waals surface area contributed by atoms with Gasteiger partial charge in [0, 0.05) is 17.7 Å². The highest BCUT2D eigenvalue weighted by Gasteiger charge is 2.37. The number of carbonyl (C=O) groups is 3. The molecule has 0 aliphatic carbocycles. The van der Waals surface area contributed by atoms with Gasteiger partial charge in [-0.1, -0.05) is 18.2 Å². The van der Waals surface area contributed by atoms with Crippen molar-refractivity contribution in [3.63, 3.8) is 0 Å². The molecule has 1 aromatic heterocycles. The third-order valence-electron chi connectivity index (χ3n) is 5.06. The number of barbiturate groups is 1. The maximum atomic E-state index is 13.0. The molecule has 1 aliphatic rings. The number of anilines is 1. The average molecular weight is 431 g/mol. The van der Waals surface area contributed by atoms with Crippen molar-refractivity contribution in [2.45, 2.75) is 13.8 Å². The van der Waals surface area contributed by atoms with E-state index in [1.54, 1.807) is 56.3 Å². The van der Waals surface area contributed by atoms with E-state index in [-0.39, 0.29) is 17.0 Å². The molecule has 0 atom stereocenters. The quantitative estimate of drug-likeness (QED) is 0.287. The molecule has 32 heavy (non-hydrogen) atoms. The van der Waals surface area contributed by atoms with E-state index in [4.69, 9.17) is 4.42 Å². The molecular weight excluding hydrogens is 414 g/mol. The fourth-order valence-electron chi connectivity index (χ4n) is 3.45. The van der Waals surface area contributed by atoms with Crippen molar-refractivity contribution in [3.8, 4) is 11.3 Å². The molecule has 0 radical (unpaired) electrons. The SMILES string of the molecule is Cc1cc([N+](=O)[O-])ccc1-c1ccc(/C=C2/C(=O)NC(=O)N(c3ccccc3C)C2=O)o1. The van der Waals surface area contributed by atoms with E-state index in [9.17, 15) is 24.5 Å². The molecule has 2 heterocycles. The standard InChI is InChI=1S/C23H17N3O6/c1-13-5-3-4-6-19(13)25-22(28)18(21(27)24-23(25)29)12-16-8-10-20(32-16)17-9-7-15(26(30)31)11-14(17)2/h3-12H,1-2H3,(H,24,27,29)/b18-12-. The molecule has 1 saturated heterocycles. The predicted octanol–water partition coefficient (Wildman–Crippen LogP) is 4.14. The van der Waals surface area contributed by atoms with Gasteiger partial charge in [-0.25, -0.2) is 9.69 Å². The van der Waals surface area contributed by atoms with Crippen molar-refractivity contribution in [1.82, 2.24) is 5.32 Å². The number of nitro benzene ring substituents is 1. The number of hydrogen-bond donors (Lipinski definition) is 1. The molecule has 0 bridgehead atoms. The minimum Gasteiger partial charge on any atom is -0.457 e. The van der Waals surface area contributed by atoms with Gasteiger partial charge in [0.2, 0.25) is 0 Å². The number of carbonyl (C=O) groups excluding carboxylic acids is 3. The minimum atomic E-state index is -0.826. The molecule has 1 aliphatic heterocycles. The zero-order valence-corrected chi connectivity index (χ0v) is 17.1. The smallest absolute Gasteiger partial charge is 0.335 e. The highest BCUT2D eigenvalue weighted by atomic mass is 16.6. The molecule has 1 N–H and O–H groups in total. The summed E-state index contributed by atoms with van der Waals surface area (Å²) in [5.41, 5.74) is 2.04. The molecule has 9 nitrogen and oxygen atoms in total. The van der Waals surface area contributed by atoms with Crippen molar-refractivity contribution in [1.29, 1.82) is 0 Å². The summed E-state index contributed by atoms with van der Waals surface area (Å²) in [7, 11) is 0. The highest BCUT2D eigenvalue weighted by Crippen LogP contribution is 2.30. The fraction of sp³-hybridized carbons (Fsp3) is 0.0870. The number of furan rings is 1. The average Bonchev–Trinajstić information content (AvgIpc) is 3.20. The predicted molar refractivity (Wildman–Crippen MR) is 116 cm³/mol. The Morgan fingerprint density at radius 2 is 1.75 bits per heavy atom. The van der Waals surface area contributed by atoms with Crippen molar-refractivity contribution in [2.24, 2.45) is 0 Å². The van der Waals surface area contributed by atoms with Gasteiger partial charge in [-0.3, -0.25) is 25.0 Å². The lowest BCUT2D eigenvalue weighted by Gasteiger charge is -2.27. The number of rotatable bonds is 4. The number of nitro groups is 1. The number of hydrogen-bond acceptors (Lipinski definition) is 6. The third-order valence-corrected chi connectivity index (χ3v) is 5.06. The van der Waals surface area contributed by atoms with Crippen LogP contribution in [0.4, 0.5) is 16.2 Å². The van der Waals surface area contributed by atoms with Crippen LogP contribution in [0.3, 0.4) is 0 Å².